The topological polar surface area (TPSA) is 78.9 Å². The van der Waals surface area contributed by atoms with E-state index in [9.17, 15) is 14.4 Å². The van der Waals surface area contributed by atoms with E-state index < -0.39 is 6.10 Å². The Morgan fingerprint density at radius 2 is 0.694 bits per heavy atom. The molecule has 0 aliphatic rings. The second kappa shape index (κ2) is 49.7. The molecule has 0 rings (SSSR count). The van der Waals surface area contributed by atoms with Crippen molar-refractivity contribution in [3.8, 4) is 0 Å². The maximum absolute atomic E-state index is 12.8. The van der Waals surface area contributed by atoms with Crippen LogP contribution < -0.4 is 0 Å². The lowest BCUT2D eigenvalue weighted by atomic mass is 10.1. The highest BCUT2D eigenvalue weighted by molar-refractivity contribution is 5.71. The molecule has 0 fully saturated rings. The van der Waals surface area contributed by atoms with Crippen LogP contribution in [0.25, 0.3) is 0 Å². The Morgan fingerprint density at radius 3 is 1.16 bits per heavy atom. The number of carbonyl (C=O) groups excluding carboxylic acids is 3. The van der Waals surface area contributed by atoms with E-state index in [1.54, 1.807) is 0 Å². The highest BCUT2D eigenvalue weighted by atomic mass is 16.6. The zero-order valence-electron chi connectivity index (χ0n) is 39.8. The van der Waals surface area contributed by atoms with Crippen molar-refractivity contribution < 1.29 is 28.6 Å². The molecule has 6 heteroatoms. The van der Waals surface area contributed by atoms with Gasteiger partial charge in [-0.05, 0) is 109 Å². The average molecular weight is 859 g/mol. The molecule has 0 spiro atoms. The smallest absolute Gasteiger partial charge is 0.306 e. The SMILES string of the molecule is CC/C=C\C/C=C\C/C=C\C/C=C\C/C=C\C/C=C\CCC(=O)OCC(COC(=O)CCCCCCC/C=C\CCCCC)OC(=O)CCCCCCC/C=C\C/C=C\CCC. The molecule has 1 unspecified atom stereocenters. The molecule has 0 aliphatic heterocycles. The first-order chi connectivity index (χ1) is 30.5. The van der Waals surface area contributed by atoms with Gasteiger partial charge in [-0.15, -0.1) is 0 Å². The second-order valence-corrected chi connectivity index (χ2v) is 16.0. The molecule has 0 heterocycles. The summed E-state index contributed by atoms with van der Waals surface area (Å²) in [5.74, 6) is -1.03. The maximum Gasteiger partial charge on any atom is 0.306 e. The molecular weight excluding hydrogens is 769 g/mol. The summed E-state index contributed by atoms with van der Waals surface area (Å²) < 4.78 is 16.7. The zero-order chi connectivity index (χ0) is 45.1. The molecule has 350 valence electrons. The number of unbranched alkanes of at least 4 members (excludes halogenated alkanes) is 14. The molecule has 0 N–H and O–H groups in total. The summed E-state index contributed by atoms with van der Waals surface area (Å²) in [5, 5.41) is 0. The van der Waals surface area contributed by atoms with Crippen LogP contribution in [0.5, 0.6) is 0 Å². The van der Waals surface area contributed by atoms with Crippen molar-refractivity contribution in [1.29, 1.82) is 0 Å². The quantitative estimate of drug-likeness (QED) is 0.0263. The number of esters is 3. The summed E-state index contributed by atoms with van der Waals surface area (Å²) in [5.41, 5.74) is 0. The fourth-order valence-electron chi connectivity index (χ4n) is 6.26. The van der Waals surface area contributed by atoms with Crippen LogP contribution in [0.2, 0.25) is 0 Å². The molecule has 62 heavy (non-hydrogen) atoms. The lowest BCUT2D eigenvalue weighted by Crippen LogP contribution is -2.30. The third-order valence-corrected chi connectivity index (χ3v) is 9.98. The van der Waals surface area contributed by atoms with Crippen molar-refractivity contribution in [3.63, 3.8) is 0 Å². The summed E-state index contributed by atoms with van der Waals surface area (Å²) in [7, 11) is 0. The van der Waals surface area contributed by atoms with Gasteiger partial charge in [0.1, 0.15) is 13.2 Å². The fraction of sp³-hybridized carbons (Fsp3) is 0.625. The molecule has 6 nitrogen and oxygen atoms in total. The van der Waals surface area contributed by atoms with Gasteiger partial charge >= 0.3 is 17.9 Å². The molecule has 0 bridgehead atoms. The predicted octanol–water partition coefficient (Wildman–Crippen LogP) is 16.4. The number of carbonyl (C=O) groups is 3. The first-order valence-corrected chi connectivity index (χ1v) is 24.9. The van der Waals surface area contributed by atoms with E-state index >= 15 is 0 Å². The number of hydrogen-bond acceptors (Lipinski definition) is 6. The van der Waals surface area contributed by atoms with Crippen LogP contribution in [0.3, 0.4) is 0 Å². The summed E-state index contributed by atoms with van der Waals surface area (Å²) >= 11 is 0. The van der Waals surface area contributed by atoms with E-state index in [1.807, 2.05) is 12.2 Å². The molecule has 0 radical (unpaired) electrons. The standard InChI is InChI=1S/C56H90O6/c1-4-7-10-13-16-19-22-25-26-27-28-29-30-32-34-37-40-43-46-49-55(58)61-52-53(51-60-54(57)48-45-42-39-36-33-24-21-18-15-12-9-6-3)62-56(59)50-47-44-41-38-35-31-23-20-17-14-11-8-5-2/h7,10-11,14,16,18-21,23,25-26,28-29,32,34,40,43,53H,4-6,8-9,12-13,15,17,22,24,27,30-31,33,35-39,41-42,44-52H2,1-3H3/b10-7-,14-11-,19-16-,21-18-,23-20-,26-25-,29-28-,34-32-,43-40-. The van der Waals surface area contributed by atoms with Crippen molar-refractivity contribution in [3.05, 3.63) is 109 Å². The van der Waals surface area contributed by atoms with Gasteiger partial charge in [-0.3, -0.25) is 14.4 Å². The van der Waals surface area contributed by atoms with Gasteiger partial charge in [-0.2, -0.15) is 0 Å². The first-order valence-electron chi connectivity index (χ1n) is 24.9. The Labute approximate surface area is 380 Å². The lowest BCUT2D eigenvalue weighted by molar-refractivity contribution is -0.166. The minimum Gasteiger partial charge on any atom is -0.462 e. The Bertz CT molecular complexity index is 1310. The summed E-state index contributed by atoms with van der Waals surface area (Å²) in [6.07, 6.45) is 66.5. The Balaban J connectivity index is 4.53. The van der Waals surface area contributed by atoms with Crippen LogP contribution in [-0.4, -0.2) is 37.2 Å². The Kier molecular flexibility index (Phi) is 46.6. The van der Waals surface area contributed by atoms with Crippen molar-refractivity contribution in [2.75, 3.05) is 13.2 Å². The van der Waals surface area contributed by atoms with Gasteiger partial charge < -0.3 is 14.2 Å². The summed E-state index contributed by atoms with van der Waals surface area (Å²) in [4.78, 5) is 37.9. The van der Waals surface area contributed by atoms with Gasteiger partial charge in [0.05, 0.1) is 0 Å². The third-order valence-electron chi connectivity index (χ3n) is 9.98. The van der Waals surface area contributed by atoms with E-state index in [-0.39, 0.29) is 37.5 Å². The van der Waals surface area contributed by atoms with Gasteiger partial charge in [0.2, 0.25) is 0 Å². The van der Waals surface area contributed by atoms with Crippen LogP contribution >= 0.6 is 0 Å². The van der Waals surface area contributed by atoms with E-state index in [1.165, 1.54) is 38.5 Å². The van der Waals surface area contributed by atoms with Gasteiger partial charge in [0, 0.05) is 19.3 Å². The van der Waals surface area contributed by atoms with Crippen molar-refractivity contribution >= 4 is 17.9 Å². The molecule has 0 aromatic heterocycles. The van der Waals surface area contributed by atoms with E-state index in [0.717, 1.165) is 122 Å². The number of rotatable bonds is 43. The summed E-state index contributed by atoms with van der Waals surface area (Å²) in [6.45, 7) is 6.33. The number of hydrogen-bond donors (Lipinski definition) is 0. The van der Waals surface area contributed by atoms with Crippen molar-refractivity contribution in [1.82, 2.24) is 0 Å². The van der Waals surface area contributed by atoms with E-state index in [4.69, 9.17) is 14.2 Å². The monoisotopic (exact) mass is 859 g/mol. The minimum atomic E-state index is -0.820. The molecule has 0 saturated carbocycles. The minimum absolute atomic E-state index is 0.114. The van der Waals surface area contributed by atoms with Crippen molar-refractivity contribution in [2.45, 2.75) is 213 Å². The Morgan fingerprint density at radius 1 is 0.339 bits per heavy atom. The molecule has 0 amide bonds. The normalized spacial score (nSPS) is 13.0. The van der Waals surface area contributed by atoms with Crippen LogP contribution in [0, 0.1) is 0 Å². The zero-order valence-corrected chi connectivity index (χ0v) is 39.8. The lowest BCUT2D eigenvalue weighted by Gasteiger charge is -2.18. The molecule has 0 aliphatic carbocycles. The average Bonchev–Trinajstić information content (AvgIpc) is 3.27. The molecule has 0 aromatic carbocycles. The molecule has 1 atom stereocenters. The highest BCUT2D eigenvalue weighted by Gasteiger charge is 2.19. The molecule has 0 saturated heterocycles. The predicted molar refractivity (Wildman–Crippen MR) is 265 cm³/mol. The first kappa shape index (κ1) is 58.1. The van der Waals surface area contributed by atoms with E-state index in [2.05, 4.69) is 118 Å². The summed E-state index contributed by atoms with van der Waals surface area (Å²) in [6, 6.07) is 0. The second-order valence-electron chi connectivity index (χ2n) is 16.0. The van der Waals surface area contributed by atoms with Crippen LogP contribution in [0.1, 0.15) is 207 Å². The van der Waals surface area contributed by atoms with Gasteiger partial charge in [0.25, 0.3) is 0 Å². The van der Waals surface area contributed by atoms with E-state index in [0.29, 0.717) is 19.3 Å². The number of allylic oxidation sites excluding steroid dienone is 18. The fourth-order valence-corrected chi connectivity index (χ4v) is 6.26. The Hall–Kier alpha value is -3.93. The highest BCUT2D eigenvalue weighted by Crippen LogP contribution is 2.12. The van der Waals surface area contributed by atoms with Gasteiger partial charge in [0.15, 0.2) is 6.10 Å². The van der Waals surface area contributed by atoms with Crippen LogP contribution in [-0.2, 0) is 28.6 Å². The number of ether oxygens (including phenoxy) is 3. The molecule has 0 aromatic rings. The van der Waals surface area contributed by atoms with Crippen molar-refractivity contribution in [2.24, 2.45) is 0 Å². The third kappa shape index (κ3) is 47.1. The van der Waals surface area contributed by atoms with Gasteiger partial charge in [-0.1, -0.05) is 188 Å². The van der Waals surface area contributed by atoms with Crippen LogP contribution in [0.4, 0.5) is 0 Å². The maximum atomic E-state index is 12.8. The largest absolute Gasteiger partial charge is 0.462 e. The molecular formula is C56H90O6. The van der Waals surface area contributed by atoms with Crippen LogP contribution in [0.15, 0.2) is 109 Å². The van der Waals surface area contributed by atoms with Gasteiger partial charge in [-0.25, -0.2) is 0 Å².